The predicted octanol–water partition coefficient (Wildman–Crippen LogP) is 3.46. The molecule has 4 heterocycles. The van der Waals surface area contributed by atoms with Crippen molar-refractivity contribution in [2.24, 2.45) is 17.3 Å². The number of hydrogen-bond donors (Lipinski definition) is 2. The summed E-state index contributed by atoms with van der Waals surface area (Å²) in [5.41, 5.74) is 3.64. The van der Waals surface area contributed by atoms with E-state index in [1.165, 1.54) is 25.7 Å². The van der Waals surface area contributed by atoms with Crippen LogP contribution in [0.3, 0.4) is 0 Å². The number of aryl methyl sites for hydroxylation is 1. The fraction of sp³-hybridized carbons (Fsp3) is 0.593. The van der Waals surface area contributed by atoms with E-state index in [1.807, 2.05) is 29.8 Å². The van der Waals surface area contributed by atoms with Crippen LogP contribution in [0.5, 0.6) is 0 Å². The highest BCUT2D eigenvalue weighted by Gasteiger charge is 2.46. The largest absolute Gasteiger partial charge is 0.356 e. The molecule has 3 aliphatic rings. The SMILES string of the molecule is CCn1nccc1C(=O)NC(c1cn2nc(CC3CCCNC3=O)ccc2n1)C1CCC2(CC1)CC2. The van der Waals surface area contributed by atoms with Gasteiger partial charge in [-0.2, -0.15) is 10.2 Å². The number of fused-ring (bicyclic) bond motifs is 1. The minimum atomic E-state index is -0.178. The highest BCUT2D eigenvalue weighted by Crippen LogP contribution is 2.58. The quantitative estimate of drug-likeness (QED) is 0.529. The monoisotopic (exact) mass is 489 g/mol. The third-order valence-corrected chi connectivity index (χ3v) is 8.62. The van der Waals surface area contributed by atoms with Crippen LogP contribution in [0.15, 0.2) is 30.6 Å². The first-order valence-corrected chi connectivity index (χ1v) is 13.5. The van der Waals surface area contributed by atoms with Gasteiger partial charge >= 0.3 is 0 Å². The number of imidazole rings is 1. The minimum absolute atomic E-state index is 0.0286. The van der Waals surface area contributed by atoms with Gasteiger partial charge in [0.05, 0.1) is 23.6 Å². The summed E-state index contributed by atoms with van der Waals surface area (Å²) in [5.74, 6) is 0.321. The molecule has 3 fully saturated rings. The van der Waals surface area contributed by atoms with E-state index >= 15 is 0 Å². The second-order valence-electron chi connectivity index (χ2n) is 10.9. The standard InChI is InChI=1S/C27H35N7O2/c1-2-33-22(9-15-29-33)26(36)31-24(18-7-10-27(11-8-18)12-13-27)21-17-34-23(30-21)6-5-20(32-34)16-19-4-3-14-28-25(19)35/h5-6,9,15,17-19,24H,2-4,7-8,10-14,16H2,1H3,(H,28,35)(H,31,36). The molecule has 3 aromatic rings. The lowest BCUT2D eigenvalue weighted by Gasteiger charge is -2.33. The highest BCUT2D eigenvalue weighted by atomic mass is 16.2. The van der Waals surface area contributed by atoms with E-state index in [9.17, 15) is 9.59 Å². The number of nitrogens with zero attached hydrogens (tertiary/aromatic N) is 5. The molecule has 1 saturated heterocycles. The molecule has 36 heavy (non-hydrogen) atoms. The topological polar surface area (TPSA) is 106 Å². The van der Waals surface area contributed by atoms with Gasteiger partial charge in [0.2, 0.25) is 5.91 Å². The Morgan fingerprint density at radius 3 is 2.78 bits per heavy atom. The first-order chi connectivity index (χ1) is 17.5. The van der Waals surface area contributed by atoms with Crippen LogP contribution in [0.1, 0.15) is 86.2 Å². The average Bonchev–Trinajstić information content (AvgIpc) is 3.29. The maximum atomic E-state index is 13.3. The molecule has 0 radical (unpaired) electrons. The van der Waals surface area contributed by atoms with Gasteiger partial charge in [-0.15, -0.1) is 0 Å². The van der Waals surface area contributed by atoms with Crippen LogP contribution in [-0.4, -0.2) is 42.7 Å². The Morgan fingerprint density at radius 1 is 1.19 bits per heavy atom. The molecule has 2 amide bonds. The van der Waals surface area contributed by atoms with E-state index in [4.69, 9.17) is 10.1 Å². The highest BCUT2D eigenvalue weighted by molar-refractivity contribution is 5.92. The number of carbonyl (C=O) groups is 2. The van der Waals surface area contributed by atoms with E-state index in [-0.39, 0.29) is 23.8 Å². The smallest absolute Gasteiger partial charge is 0.270 e. The lowest BCUT2D eigenvalue weighted by atomic mass is 9.76. The molecule has 2 saturated carbocycles. The van der Waals surface area contributed by atoms with Crippen molar-refractivity contribution < 1.29 is 9.59 Å². The zero-order valence-corrected chi connectivity index (χ0v) is 20.9. The minimum Gasteiger partial charge on any atom is -0.356 e. The number of hydrogen-bond acceptors (Lipinski definition) is 5. The Hall–Kier alpha value is -3.23. The molecule has 2 N–H and O–H groups in total. The molecule has 0 aromatic carbocycles. The van der Waals surface area contributed by atoms with E-state index < -0.39 is 0 Å². The number of piperidine rings is 1. The fourth-order valence-corrected chi connectivity index (χ4v) is 6.17. The molecule has 2 aliphatic carbocycles. The molecule has 190 valence electrons. The zero-order chi connectivity index (χ0) is 24.7. The maximum absolute atomic E-state index is 13.3. The van der Waals surface area contributed by atoms with Crippen LogP contribution in [0, 0.1) is 17.3 Å². The molecule has 2 atom stereocenters. The number of carbonyl (C=O) groups excluding carboxylic acids is 2. The summed E-state index contributed by atoms with van der Waals surface area (Å²) in [6, 6.07) is 5.54. The van der Waals surface area contributed by atoms with Crippen LogP contribution in [0.4, 0.5) is 0 Å². The van der Waals surface area contributed by atoms with Gasteiger partial charge < -0.3 is 10.6 Å². The lowest BCUT2D eigenvalue weighted by Crippen LogP contribution is -2.37. The molecule has 9 nitrogen and oxygen atoms in total. The lowest BCUT2D eigenvalue weighted by molar-refractivity contribution is -0.126. The van der Waals surface area contributed by atoms with E-state index in [0.717, 1.165) is 49.3 Å². The number of nitrogens with one attached hydrogen (secondary N) is 2. The van der Waals surface area contributed by atoms with Gasteiger partial charge in [-0.25, -0.2) is 9.50 Å². The van der Waals surface area contributed by atoms with Gasteiger partial charge in [-0.05, 0) is 87.8 Å². The van der Waals surface area contributed by atoms with E-state index in [0.29, 0.717) is 30.0 Å². The van der Waals surface area contributed by atoms with Gasteiger partial charge in [0.1, 0.15) is 5.69 Å². The van der Waals surface area contributed by atoms with Crippen LogP contribution in [0.2, 0.25) is 0 Å². The third kappa shape index (κ3) is 4.51. The van der Waals surface area contributed by atoms with Crippen molar-refractivity contribution in [3.05, 3.63) is 47.7 Å². The molecule has 2 unspecified atom stereocenters. The fourth-order valence-electron chi connectivity index (χ4n) is 6.17. The summed E-state index contributed by atoms with van der Waals surface area (Å²) in [5, 5.41) is 15.3. The van der Waals surface area contributed by atoms with Crippen LogP contribution >= 0.6 is 0 Å². The summed E-state index contributed by atoms with van der Waals surface area (Å²) in [6.07, 6.45) is 13.5. The molecule has 1 spiro atoms. The molecule has 1 aliphatic heterocycles. The van der Waals surface area contributed by atoms with Gasteiger partial charge in [0.15, 0.2) is 5.65 Å². The summed E-state index contributed by atoms with van der Waals surface area (Å²) in [6.45, 7) is 3.40. The van der Waals surface area contributed by atoms with Crippen LogP contribution in [-0.2, 0) is 17.8 Å². The molecular weight excluding hydrogens is 454 g/mol. The van der Waals surface area contributed by atoms with Gasteiger partial charge in [0.25, 0.3) is 5.91 Å². The van der Waals surface area contributed by atoms with Gasteiger partial charge in [-0.3, -0.25) is 14.3 Å². The first-order valence-electron chi connectivity index (χ1n) is 13.5. The normalized spacial score (nSPS) is 22.5. The van der Waals surface area contributed by atoms with Crippen molar-refractivity contribution in [3.63, 3.8) is 0 Å². The van der Waals surface area contributed by atoms with Crippen molar-refractivity contribution in [1.82, 2.24) is 35.0 Å². The maximum Gasteiger partial charge on any atom is 0.270 e. The molecule has 6 rings (SSSR count). The number of rotatable bonds is 7. The Labute approximate surface area is 211 Å². The number of amides is 2. The van der Waals surface area contributed by atoms with Crippen molar-refractivity contribution in [3.8, 4) is 0 Å². The Balaban J connectivity index is 1.26. The summed E-state index contributed by atoms with van der Waals surface area (Å²) in [4.78, 5) is 30.4. The summed E-state index contributed by atoms with van der Waals surface area (Å²) >= 11 is 0. The van der Waals surface area contributed by atoms with Crippen molar-refractivity contribution in [1.29, 1.82) is 0 Å². The van der Waals surface area contributed by atoms with Gasteiger partial charge in [0, 0.05) is 31.6 Å². The second kappa shape index (κ2) is 9.33. The van der Waals surface area contributed by atoms with Crippen molar-refractivity contribution in [2.75, 3.05) is 6.54 Å². The Morgan fingerprint density at radius 2 is 2.03 bits per heavy atom. The zero-order valence-electron chi connectivity index (χ0n) is 20.9. The molecule has 3 aromatic heterocycles. The second-order valence-corrected chi connectivity index (χ2v) is 10.9. The third-order valence-electron chi connectivity index (χ3n) is 8.62. The summed E-state index contributed by atoms with van der Waals surface area (Å²) in [7, 11) is 0. The Kier molecular flexibility index (Phi) is 6.01. The van der Waals surface area contributed by atoms with Gasteiger partial charge in [-0.1, -0.05) is 0 Å². The average molecular weight is 490 g/mol. The number of aromatic nitrogens is 5. The van der Waals surface area contributed by atoms with E-state index in [1.54, 1.807) is 16.9 Å². The first kappa shape index (κ1) is 23.2. The van der Waals surface area contributed by atoms with Crippen LogP contribution in [0.25, 0.3) is 5.65 Å². The molecule has 9 heteroatoms. The molecular formula is C27H35N7O2. The van der Waals surface area contributed by atoms with E-state index in [2.05, 4.69) is 15.7 Å². The van der Waals surface area contributed by atoms with Crippen LogP contribution < -0.4 is 10.6 Å². The Bertz CT molecular complexity index is 1260. The van der Waals surface area contributed by atoms with Crippen molar-refractivity contribution in [2.45, 2.75) is 77.3 Å². The summed E-state index contributed by atoms with van der Waals surface area (Å²) < 4.78 is 3.54. The molecule has 0 bridgehead atoms. The van der Waals surface area contributed by atoms with Crippen molar-refractivity contribution >= 4 is 17.5 Å². The predicted molar refractivity (Wildman–Crippen MR) is 134 cm³/mol.